The lowest BCUT2D eigenvalue weighted by atomic mass is 10.1. The van der Waals surface area contributed by atoms with Crippen molar-refractivity contribution in [1.29, 1.82) is 5.41 Å². The van der Waals surface area contributed by atoms with Crippen LogP contribution in [0.5, 0.6) is 0 Å². The van der Waals surface area contributed by atoms with E-state index in [1.165, 1.54) is 0 Å². The normalized spacial score (nSPS) is 14.1. The number of nitrogens with zero attached hydrogens (tertiary/aromatic N) is 1. The predicted octanol–water partition coefficient (Wildman–Crippen LogP) is 3.98. The molecule has 0 bridgehead atoms. The van der Waals surface area contributed by atoms with Gasteiger partial charge in [-0.2, -0.15) is 0 Å². The maximum absolute atomic E-state index is 7.54. The Morgan fingerprint density at radius 3 is 2.29 bits per heavy atom. The number of furan rings is 2. The van der Waals surface area contributed by atoms with Crippen LogP contribution in [0.2, 0.25) is 0 Å². The van der Waals surface area contributed by atoms with Crippen LogP contribution in [-0.4, -0.2) is 24.8 Å². The molecule has 138 valence electrons. The molecule has 4 aromatic rings. The number of rotatable bonds is 4. The van der Waals surface area contributed by atoms with E-state index < -0.39 is 0 Å². The molecular weight excluding hydrogens is 352 g/mol. The van der Waals surface area contributed by atoms with Crippen LogP contribution in [-0.2, 0) is 0 Å². The van der Waals surface area contributed by atoms with Gasteiger partial charge in [-0.25, -0.2) is 0 Å². The van der Waals surface area contributed by atoms with E-state index >= 15 is 0 Å². The summed E-state index contributed by atoms with van der Waals surface area (Å²) in [5, 5.41) is 12.8. The van der Waals surface area contributed by atoms with Gasteiger partial charge in [0.25, 0.3) is 0 Å². The summed E-state index contributed by atoms with van der Waals surface area (Å²) in [7, 11) is 0. The lowest BCUT2D eigenvalue weighted by Gasteiger charge is -2.01. The fourth-order valence-corrected chi connectivity index (χ4v) is 3.36. The first kappa shape index (κ1) is 16.4. The highest BCUT2D eigenvalue weighted by molar-refractivity contribution is 6.02. The van der Waals surface area contributed by atoms with E-state index in [0.29, 0.717) is 11.3 Å². The molecule has 3 heterocycles. The van der Waals surface area contributed by atoms with Gasteiger partial charge in [0.15, 0.2) is 0 Å². The monoisotopic (exact) mass is 370 g/mol. The molecule has 0 saturated carbocycles. The second-order valence-corrected chi connectivity index (χ2v) is 6.71. The summed E-state index contributed by atoms with van der Waals surface area (Å²) in [5.41, 5.74) is 8.88. The van der Waals surface area contributed by atoms with Crippen LogP contribution < -0.4 is 11.1 Å². The zero-order valence-electron chi connectivity index (χ0n) is 15.0. The second-order valence-electron chi connectivity index (χ2n) is 6.71. The number of hydrogen-bond donors (Lipinski definition) is 3. The molecule has 0 amide bonds. The highest BCUT2D eigenvalue weighted by Gasteiger charge is 2.10. The van der Waals surface area contributed by atoms with E-state index in [2.05, 4.69) is 16.4 Å². The molecule has 2 aromatic carbocycles. The van der Waals surface area contributed by atoms with Crippen molar-refractivity contribution in [2.75, 3.05) is 13.1 Å². The zero-order valence-corrected chi connectivity index (χ0v) is 15.0. The Morgan fingerprint density at radius 1 is 0.964 bits per heavy atom. The number of hydrogen-bond acceptors (Lipinski definition) is 5. The third kappa shape index (κ3) is 2.95. The van der Waals surface area contributed by atoms with Crippen molar-refractivity contribution in [3.05, 3.63) is 71.2 Å². The van der Waals surface area contributed by atoms with Gasteiger partial charge < -0.3 is 19.9 Å². The molecule has 4 N–H and O–H groups in total. The summed E-state index contributed by atoms with van der Waals surface area (Å²) >= 11 is 0. The first-order chi connectivity index (χ1) is 13.7. The fraction of sp³-hybridized carbons (Fsp3) is 0.0909. The zero-order chi connectivity index (χ0) is 19.1. The van der Waals surface area contributed by atoms with Crippen molar-refractivity contribution in [1.82, 2.24) is 5.32 Å². The van der Waals surface area contributed by atoms with Crippen LogP contribution in [0.1, 0.15) is 22.6 Å². The predicted molar refractivity (Wildman–Crippen MR) is 112 cm³/mol. The molecule has 1 aliphatic rings. The van der Waals surface area contributed by atoms with Gasteiger partial charge in [-0.05, 0) is 60.7 Å². The van der Waals surface area contributed by atoms with Crippen LogP contribution in [0.3, 0.4) is 0 Å². The minimum atomic E-state index is 0.0422. The Balaban J connectivity index is 1.43. The van der Waals surface area contributed by atoms with Crippen molar-refractivity contribution in [2.45, 2.75) is 0 Å². The Bertz CT molecular complexity index is 1280. The lowest BCUT2D eigenvalue weighted by Crippen LogP contribution is -2.19. The third-order valence-electron chi connectivity index (χ3n) is 4.74. The van der Waals surface area contributed by atoms with Crippen LogP contribution in [0.25, 0.3) is 34.1 Å². The van der Waals surface area contributed by atoms with Gasteiger partial charge in [0.2, 0.25) is 0 Å². The SMILES string of the molecule is N=C(N)c1ccc2oc(/C=C/c3cc4cc(C5=NCCN5)ccc4o3)cc2c1. The highest BCUT2D eigenvalue weighted by Crippen LogP contribution is 2.25. The lowest BCUT2D eigenvalue weighted by molar-refractivity contribution is 0.599. The second kappa shape index (κ2) is 6.42. The molecule has 1 aliphatic heterocycles. The number of aliphatic imine (C=N–C) groups is 1. The Labute approximate surface area is 160 Å². The molecule has 2 aromatic heterocycles. The molecule has 0 fully saturated rings. The van der Waals surface area contributed by atoms with Gasteiger partial charge in [0.05, 0.1) is 6.54 Å². The number of nitrogens with one attached hydrogen (secondary N) is 2. The minimum absolute atomic E-state index is 0.0422. The molecule has 0 radical (unpaired) electrons. The highest BCUT2D eigenvalue weighted by atomic mass is 16.3. The van der Waals surface area contributed by atoms with Crippen LogP contribution in [0.4, 0.5) is 0 Å². The molecule has 5 rings (SSSR count). The molecular formula is C22H18N4O2. The largest absolute Gasteiger partial charge is 0.457 e. The molecule has 6 nitrogen and oxygen atoms in total. The fourth-order valence-electron chi connectivity index (χ4n) is 3.36. The van der Waals surface area contributed by atoms with Gasteiger partial charge in [-0.1, -0.05) is 0 Å². The molecule has 6 heteroatoms. The molecule has 28 heavy (non-hydrogen) atoms. The van der Waals surface area contributed by atoms with Crippen LogP contribution in [0, 0.1) is 5.41 Å². The van der Waals surface area contributed by atoms with E-state index in [9.17, 15) is 0 Å². The average molecular weight is 370 g/mol. The number of nitrogen functional groups attached to an aromatic ring is 1. The smallest absolute Gasteiger partial charge is 0.134 e. The summed E-state index contributed by atoms with van der Waals surface area (Å²) in [6.07, 6.45) is 3.75. The summed E-state index contributed by atoms with van der Waals surface area (Å²) in [4.78, 5) is 4.46. The number of fused-ring (bicyclic) bond motifs is 2. The van der Waals surface area contributed by atoms with Gasteiger partial charge in [-0.15, -0.1) is 0 Å². The first-order valence-electron chi connectivity index (χ1n) is 9.04. The van der Waals surface area contributed by atoms with Crippen LogP contribution >= 0.6 is 0 Å². The Morgan fingerprint density at radius 2 is 1.64 bits per heavy atom. The summed E-state index contributed by atoms with van der Waals surface area (Å²) in [6, 6.07) is 15.4. The Hall–Kier alpha value is -3.80. The summed E-state index contributed by atoms with van der Waals surface area (Å²) < 4.78 is 11.7. The molecule has 0 saturated heterocycles. The van der Waals surface area contributed by atoms with Gasteiger partial charge in [0.1, 0.15) is 34.4 Å². The standard InChI is InChI=1S/C22H18N4O2/c23-21(24)13-1-5-19-15(9-13)11-17(27-19)3-4-18-12-16-10-14(2-6-20(16)28-18)22-25-7-8-26-22/h1-6,9-12H,7-8H2,(H3,23,24)(H,25,26)/b4-3+. The third-order valence-corrected chi connectivity index (χ3v) is 4.74. The molecule has 0 atom stereocenters. The van der Waals surface area contributed by atoms with E-state index in [4.69, 9.17) is 20.0 Å². The average Bonchev–Trinajstić information content (AvgIpc) is 3.43. The topological polar surface area (TPSA) is 101 Å². The van der Waals surface area contributed by atoms with Crippen molar-refractivity contribution >= 4 is 45.8 Å². The van der Waals surface area contributed by atoms with Crippen LogP contribution in [0.15, 0.2) is 62.4 Å². The maximum Gasteiger partial charge on any atom is 0.134 e. The van der Waals surface area contributed by atoms with Crippen molar-refractivity contribution in [3.8, 4) is 0 Å². The van der Waals surface area contributed by atoms with E-state index in [-0.39, 0.29) is 5.84 Å². The van der Waals surface area contributed by atoms with Gasteiger partial charge in [-0.3, -0.25) is 10.4 Å². The first-order valence-corrected chi connectivity index (χ1v) is 9.04. The summed E-state index contributed by atoms with van der Waals surface area (Å²) in [6.45, 7) is 1.70. The quantitative estimate of drug-likeness (QED) is 0.373. The molecule has 0 aliphatic carbocycles. The summed E-state index contributed by atoms with van der Waals surface area (Å²) in [5.74, 6) is 2.44. The van der Waals surface area contributed by atoms with Gasteiger partial charge >= 0.3 is 0 Å². The maximum atomic E-state index is 7.54. The van der Waals surface area contributed by atoms with Crippen molar-refractivity contribution < 1.29 is 8.83 Å². The number of amidine groups is 2. The molecule has 0 unspecified atom stereocenters. The van der Waals surface area contributed by atoms with E-state index in [0.717, 1.165) is 52.2 Å². The van der Waals surface area contributed by atoms with E-state index in [1.807, 2.05) is 48.6 Å². The van der Waals surface area contributed by atoms with Crippen molar-refractivity contribution in [2.24, 2.45) is 10.7 Å². The van der Waals surface area contributed by atoms with Gasteiger partial charge in [0, 0.05) is 28.4 Å². The van der Waals surface area contributed by atoms with Crippen molar-refractivity contribution in [3.63, 3.8) is 0 Å². The van der Waals surface area contributed by atoms with E-state index in [1.54, 1.807) is 6.07 Å². The Kier molecular flexibility index (Phi) is 3.76. The number of benzene rings is 2. The number of nitrogens with two attached hydrogens (primary N) is 1. The minimum Gasteiger partial charge on any atom is -0.457 e. The molecule has 0 spiro atoms.